The van der Waals surface area contributed by atoms with Crippen LogP contribution in [0, 0.1) is 11.8 Å². The molecule has 3 aliphatic rings. The highest BCUT2D eigenvalue weighted by atomic mass is 35.5. The molecule has 2 amide bonds. The lowest BCUT2D eigenvalue weighted by atomic mass is 9.84. The van der Waals surface area contributed by atoms with Crippen molar-refractivity contribution in [2.75, 3.05) is 4.90 Å². The van der Waals surface area contributed by atoms with Crippen LogP contribution >= 0.6 is 22.9 Å². The fraction of sp³-hybridized carbons (Fsp3) is 0.192. The van der Waals surface area contributed by atoms with E-state index in [4.69, 9.17) is 11.6 Å². The van der Waals surface area contributed by atoms with Crippen LogP contribution in [0.1, 0.15) is 32.4 Å². The van der Waals surface area contributed by atoms with Crippen molar-refractivity contribution in [3.63, 3.8) is 0 Å². The van der Waals surface area contributed by atoms with Gasteiger partial charge < -0.3 is 4.90 Å². The number of halogens is 4. The maximum atomic E-state index is 13.8. The number of amides is 2. The van der Waals surface area contributed by atoms with Gasteiger partial charge in [-0.3, -0.25) is 14.4 Å². The van der Waals surface area contributed by atoms with Gasteiger partial charge in [0, 0.05) is 6.20 Å². The second kappa shape index (κ2) is 8.04. The number of rotatable bonds is 3. The average Bonchev–Trinajstić information content (AvgIpc) is 3.55. The Morgan fingerprint density at radius 1 is 0.972 bits per heavy atom. The van der Waals surface area contributed by atoms with Crippen molar-refractivity contribution < 1.29 is 27.6 Å². The number of thiophene rings is 1. The zero-order chi connectivity index (χ0) is 25.4. The van der Waals surface area contributed by atoms with E-state index in [0.717, 1.165) is 22.1 Å². The lowest BCUT2D eigenvalue weighted by Crippen LogP contribution is -2.44. The fourth-order valence-corrected chi connectivity index (χ4v) is 6.47. The van der Waals surface area contributed by atoms with Crippen LogP contribution in [-0.4, -0.2) is 28.5 Å². The average molecular weight is 529 g/mol. The van der Waals surface area contributed by atoms with Crippen LogP contribution in [0.25, 0.3) is 6.08 Å². The summed E-state index contributed by atoms with van der Waals surface area (Å²) in [6, 6.07) is 12.1. The van der Waals surface area contributed by atoms with Gasteiger partial charge in [0.05, 0.1) is 39.0 Å². The summed E-state index contributed by atoms with van der Waals surface area (Å²) in [5, 5.41) is 1.22. The molecular weight excluding hydrogens is 513 g/mol. The summed E-state index contributed by atoms with van der Waals surface area (Å²) in [6.07, 6.45) is -1.20. The van der Waals surface area contributed by atoms with Crippen molar-refractivity contribution in [2.24, 2.45) is 11.8 Å². The molecule has 0 spiro atoms. The van der Waals surface area contributed by atoms with Gasteiger partial charge >= 0.3 is 6.18 Å². The summed E-state index contributed by atoms with van der Waals surface area (Å²) >= 11 is 6.99. The molecule has 6 rings (SSSR count). The third-order valence-corrected chi connectivity index (χ3v) is 8.22. The number of anilines is 1. The molecule has 0 bridgehead atoms. The summed E-state index contributed by atoms with van der Waals surface area (Å²) in [5.41, 5.74) is 0.278. The number of benzene rings is 2. The second-order valence-corrected chi connectivity index (χ2v) is 10.2. The zero-order valence-corrected chi connectivity index (χ0v) is 19.8. The van der Waals surface area contributed by atoms with Gasteiger partial charge in [-0.2, -0.15) is 13.2 Å². The summed E-state index contributed by atoms with van der Waals surface area (Å²) in [7, 11) is 0. The van der Waals surface area contributed by atoms with E-state index in [-0.39, 0.29) is 11.5 Å². The van der Waals surface area contributed by atoms with Gasteiger partial charge in [-0.05, 0) is 46.8 Å². The van der Waals surface area contributed by atoms with Gasteiger partial charge in [0.2, 0.25) is 11.8 Å². The van der Waals surface area contributed by atoms with Gasteiger partial charge in [-0.15, -0.1) is 11.3 Å². The largest absolute Gasteiger partial charge is 0.417 e. The third-order valence-electron chi connectivity index (χ3n) is 7.01. The number of nitrogens with zero attached hydrogens (tertiary/aromatic N) is 2. The molecule has 2 fully saturated rings. The molecule has 2 aromatic carbocycles. The van der Waals surface area contributed by atoms with E-state index in [9.17, 15) is 27.6 Å². The number of hydrogen-bond donors (Lipinski definition) is 0. The molecule has 36 heavy (non-hydrogen) atoms. The highest BCUT2D eigenvalue weighted by Crippen LogP contribution is 2.54. The number of hydrogen-bond acceptors (Lipinski definition) is 5. The van der Waals surface area contributed by atoms with Crippen molar-refractivity contribution in [3.8, 4) is 0 Å². The first-order chi connectivity index (χ1) is 17.2. The maximum Gasteiger partial charge on any atom is 0.417 e. The van der Waals surface area contributed by atoms with Crippen molar-refractivity contribution in [1.82, 2.24) is 4.90 Å². The summed E-state index contributed by atoms with van der Waals surface area (Å²) in [5.74, 6) is -3.64. The Morgan fingerprint density at radius 2 is 1.72 bits per heavy atom. The van der Waals surface area contributed by atoms with E-state index in [0.29, 0.717) is 10.9 Å². The van der Waals surface area contributed by atoms with Crippen LogP contribution in [0.4, 0.5) is 18.9 Å². The van der Waals surface area contributed by atoms with Crippen LogP contribution in [0.5, 0.6) is 0 Å². The molecule has 3 aromatic rings. The monoisotopic (exact) mass is 528 g/mol. The molecular formula is C26H16ClF3N2O3S. The molecule has 2 saturated heterocycles. The molecule has 1 aromatic heterocycles. The first-order valence-corrected chi connectivity index (χ1v) is 12.3. The number of imide groups is 1. The number of carbonyl (C=O) groups is 3. The van der Waals surface area contributed by atoms with Crippen LogP contribution in [0.15, 0.2) is 66.2 Å². The smallest absolute Gasteiger partial charge is 0.358 e. The van der Waals surface area contributed by atoms with Gasteiger partial charge in [0.1, 0.15) is 6.04 Å². The minimum atomic E-state index is -4.77. The Morgan fingerprint density at radius 3 is 2.44 bits per heavy atom. The van der Waals surface area contributed by atoms with Crippen molar-refractivity contribution in [3.05, 3.63) is 92.8 Å². The second-order valence-electron chi connectivity index (χ2n) is 8.85. The molecule has 4 heterocycles. The summed E-state index contributed by atoms with van der Waals surface area (Å²) < 4.78 is 40.6. The van der Waals surface area contributed by atoms with Crippen molar-refractivity contribution in [1.29, 1.82) is 0 Å². The SMILES string of the molecule is O=C(c1cccs1)[C@@H]1[C@@H]2C(=O)N(c3ccc(Cl)c(C(F)(F)F)c3)C(=O)[C@@H]2[C@H]2c3ccccc3C=CN12. The normalized spacial score (nSPS) is 24.7. The number of ketones is 1. The van der Waals surface area contributed by atoms with E-state index in [1.54, 1.807) is 28.6 Å². The van der Waals surface area contributed by atoms with E-state index < -0.39 is 52.5 Å². The van der Waals surface area contributed by atoms with E-state index in [1.165, 1.54) is 17.4 Å². The summed E-state index contributed by atoms with van der Waals surface area (Å²) in [4.78, 5) is 44.2. The van der Waals surface area contributed by atoms with Crippen LogP contribution < -0.4 is 4.90 Å². The maximum absolute atomic E-state index is 13.8. The van der Waals surface area contributed by atoms with Gasteiger partial charge in [0.25, 0.3) is 0 Å². The molecule has 4 atom stereocenters. The fourth-order valence-electron chi connectivity index (χ4n) is 5.55. The Kier molecular flexibility index (Phi) is 5.14. The lowest BCUT2D eigenvalue weighted by Gasteiger charge is -2.35. The topological polar surface area (TPSA) is 57.7 Å². The number of alkyl halides is 3. The van der Waals surface area contributed by atoms with Crippen molar-refractivity contribution in [2.45, 2.75) is 18.3 Å². The molecule has 182 valence electrons. The Balaban J connectivity index is 1.49. The standard InChI is InChI=1S/C26H16ClF3N2O3S/c27-17-8-7-14(12-16(17)26(28,29)30)32-24(34)19-20(25(32)35)22(23(33)18-6-3-11-36-18)31-10-9-13-4-1-2-5-15(13)21(19)31/h1-12,19-22H/t19-,20+,21+,22-/m0/s1. The number of carbonyl (C=O) groups excluding carboxylic acids is 3. The van der Waals surface area contributed by atoms with Gasteiger partial charge in [-0.1, -0.05) is 41.9 Å². The molecule has 10 heteroatoms. The van der Waals surface area contributed by atoms with E-state index in [1.807, 2.05) is 30.3 Å². The molecule has 0 aliphatic carbocycles. The molecule has 0 N–H and O–H groups in total. The summed E-state index contributed by atoms with van der Waals surface area (Å²) in [6.45, 7) is 0. The predicted molar refractivity (Wildman–Crippen MR) is 128 cm³/mol. The molecule has 3 aliphatic heterocycles. The molecule has 0 unspecified atom stereocenters. The highest BCUT2D eigenvalue weighted by molar-refractivity contribution is 7.12. The minimum absolute atomic E-state index is 0.218. The van der Waals surface area contributed by atoms with E-state index >= 15 is 0 Å². The van der Waals surface area contributed by atoms with Gasteiger partial charge in [-0.25, -0.2) is 4.90 Å². The Hall–Kier alpha value is -3.43. The van der Waals surface area contributed by atoms with Crippen LogP contribution in [-0.2, 0) is 15.8 Å². The Labute approximate surface area is 212 Å². The van der Waals surface area contributed by atoms with E-state index in [2.05, 4.69) is 0 Å². The number of Topliss-reactive ketones (excluding diaryl/α,β-unsaturated/α-hetero) is 1. The van der Waals surface area contributed by atoms with Gasteiger partial charge in [0.15, 0.2) is 5.78 Å². The number of fused-ring (bicyclic) bond motifs is 5. The quantitative estimate of drug-likeness (QED) is 0.317. The zero-order valence-electron chi connectivity index (χ0n) is 18.3. The molecule has 0 radical (unpaired) electrons. The first kappa shape index (κ1) is 23.0. The first-order valence-electron chi connectivity index (χ1n) is 11.1. The van der Waals surface area contributed by atoms with Crippen LogP contribution in [0.2, 0.25) is 5.02 Å². The minimum Gasteiger partial charge on any atom is -0.358 e. The highest BCUT2D eigenvalue weighted by Gasteiger charge is 2.64. The predicted octanol–water partition coefficient (Wildman–Crippen LogP) is 5.82. The Bertz CT molecular complexity index is 1450. The van der Waals surface area contributed by atoms with Crippen LogP contribution in [0.3, 0.4) is 0 Å². The van der Waals surface area contributed by atoms with Crippen molar-refractivity contribution >= 4 is 52.3 Å². The lowest BCUT2D eigenvalue weighted by molar-refractivity contribution is -0.137. The molecule has 0 saturated carbocycles. The third kappa shape index (κ3) is 3.26. The molecule has 5 nitrogen and oxygen atoms in total.